The predicted octanol–water partition coefficient (Wildman–Crippen LogP) is 1.10. The maximum absolute atomic E-state index is 12.1. The van der Waals surface area contributed by atoms with Crippen LogP contribution in [0.15, 0.2) is 0 Å². The van der Waals surface area contributed by atoms with Crippen molar-refractivity contribution in [1.29, 1.82) is 0 Å². The second kappa shape index (κ2) is 4.24. The fourth-order valence-corrected chi connectivity index (χ4v) is 4.51. The number of hydrogen-bond donors (Lipinski definition) is 2. The third-order valence-corrected chi connectivity index (χ3v) is 5.99. The molecule has 0 heterocycles. The predicted molar refractivity (Wildman–Crippen MR) is 63.1 cm³/mol. The number of nitrogens with one attached hydrogen (secondary N) is 1. The van der Waals surface area contributed by atoms with Gasteiger partial charge in [0.15, 0.2) is 0 Å². The van der Waals surface area contributed by atoms with Crippen molar-refractivity contribution in [3.8, 4) is 0 Å². The highest BCUT2D eigenvalue weighted by molar-refractivity contribution is 7.90. The lowest BCUT2D eigenvalue weighted by Gasteiger charge is -2.27. The molecule has 0 spiro atoms. The molecule has 2 saturated carbocycles. The Morgan fingerprint density at radius 1 is 1.24 bits per heavy atom. The molecule has 1 unspecified atom stereocenters. The zero-order valence-corrected chi connectivity index (χ0v) is 10.8. The van der Waals surface area contributed by atoms with Crippen LogP contribution in [0.25, 0.3) is 0 Å². The second-order valence-electron chi connectivity index (χ2n) is 5.34. The molecular weight excluding hydrogens is 242 g/mol. The van der Waals surface area contributed by atoms with Crippen molar-refractivity contribution in [3.05, 3.63) is 0 Å². The SMILES string of the molecule is CC(NS(=O)(=O)C1CCCC1)(C(=O)O)C1CC1. The smallest absolute Gasteiger partial charge is 0.324 e. The van der Waals surface area contributed by atoms with Gasteiger partial charge < -0.3 is 5.11 Å². The van der Waals surface area contributed by atoms with Crippen LogP contribution in [0.5, 0.6) is 0 Å². The molecule has 0 aromatic rings. The standard InChI is InChI=1S/C11H19NO4S/c1-11(10(13)14,8-6-7-8)12-17(15,16)9-4-2-3-5-9/h8-9,12H,2-7H2,1H3,(H,13,14). The van der Waals surface area contributed by atoms with Gasteiger partial charge in [-0.15, -0.1) is 0 Å². The zero-order chi connectivity index (χ0) is 12.7. The van der Waals surface area contributed by atoms with Crippen LogP contribution in [0.2, 0.25) is 0 Å². The maximum atomic E-state index is 12.1. The quantitative estimate of drug-likeness (QED) is 0.776. The molecule has 2 aliphatic carbocycles. The zero-order valence-electron chi connectivity index (χ0n) is 9.98. The first-order valence-electron chi connectivity index (χ1n) is 6.12. The van der Waals surface area contributed by atoms with Crippen molar-refractivity contribution >= 4 is 16.0 Å². The van der Waals surface area contributed by atoms with Crippen LogP contribution < -0.4 is 4.72 Å². The van der Waals surface area contributed by atoms with E-state index in [9.17, 15) is 18.3 Å². The van der Waals surface area contributed by atoms with Crippen molar-refractivity contribution in [2.24, 2.45) is 5.92 Å². The first-order valence-corrected chi connectivity index (χ1v) is 7.67. The van der Waals surface area contributed by atoms with Gasteiger partial charge in [-0.05, 0) is 38.5 Å². The van der Waals surface area contributed by atoms with Gasteiger partial charge in [-0.2, -0.15) is 4.72 Å². The van der Waals surface area contributed by atoms with Crippen LogP contribution >= 0.6 is 0 Å². The molecule has 2 fully saturated rings. The third-order valence-electron chi connectivity index (χ3n) is 3.93. The molecule has 5 nitrogen and oxygen atoms in total. The molecule has 0 radical (unpaired) electrons. The molecule has 0 bridgehead atoms. The Hall–Kier alpha value is -0.620. The summed E-state index contributed by atoms with van der Waals surface area (Å²) in [6.45, 7) is 1.49. The van der Waals surface area contributed by atoms with E-state index >= 15 is 0 Å². The van der Waals surface area contributed by atoms with Gasteiger partial charge >= 0.3 is 5.97 Å². The van der Waals surface area contributed by atoms with Gasteiger partial charge in [0.1, 0.15) is 5.54 Å². The lowest BCUT2D eigenvalue weighted by molar-refractivity contribution is -0.144. The van der Waals surface area contributed by atoms with Crippen LogP contribution in [0.1, 0.15) is 45.4 Å². The van der Waals surface area contributed by atoms with Crippen LogP contribution in [0, 0.1) is 5.92 Å². The molecule has 0 saturated heterocycles. The summed E-state index contributed by atoms with van der Waals surface area (Å²) in [6.07, 6.45) is 4.70. The summed E-state index contributed by atoms with van der Waals surface area (Å²) < 4.78 is 26.7. The minimum Gasteiger partial charge on any atom is -0.480 e. The Morgan fingerprint density at radius 2 is 1.76 bits per heavy atom. The van der Waals surface area contributed by atoms with Crippen LogP contribution in [0.4, 0.5) is 0 Å². The van der Waals surface area contributed by atoms with E-state index in [1.54, 1.807) is 0 Å². The maximum Gasteiger partial charge on any atom is 0.324 e. The normalized spacial score (nSPS) is 25.7. The highest BCUT2D eigenvalue weighted by atomic mass is 32.2. The average Bonchev–Trinajstić information content (AvgIpc) is 2.93. The van der Waals surface area contributed by atoms with E-state index in [0.717, 1.165) is 25.7 Å². The summed E-state index contributed by atoms with van der Waals surface area (Å²) in [4.78, 5) is 11.3. The van der Waals surface area contributed by atoms with Gasteiger partial charge in [0, 0.05) is 0 Å². The number of aliphatic carboxylic acids is 1. The van der Waals surface area contributed by atoms with Gasteiger partial charge in [0.2, 0.25) is 10.0 Å². The average molecular weight is 261 g/mol. The topological polar surface area (TPSA) is 83.5 Å². The Morgan fingerprint density at radius 3 is 2.18 bits per heavy atom. The number of carbonyl (C=O) groups is 1. The van der Waals surface area contributed by atoms with Crippen molar-refractivity contribution in [1.82, 2.24) is 4.72 Å². The molecule has 0 amide bonds. The number of carboxylic acids is 1. The van der Waals surface area contributed by atoms with Gasteiger partial charge in [-0.3, -0.25) is 4.79 Å². The van der Waals surface area contributed by atoms with E-state index < -0.39 is 26.8 Å². The molecule has 0 aliphatic heterocycles. The molecule has 2 aliphatic rings. The van der Waals surface area contributed by atoms with Crippen molar-refractivity contribution in [2.75, 3.05) is 0 Å². The number of hydrogen-bond acceptors (Lipinski definition) is 3. The molecule has 1 atom stereocenters. The molecule has 17 heavy (non-hydrogen) atoms. The van der Waals surface area contributed by atoms with Crippen molar-refractivity contribution in [3.63, 3.8) is 0 Å². The summed E-state index contributed by atoms with van der Waals surface area (Å²) in [5.74, 6) is -1.13. The first kappa shape index (κ1) is 12.8. The van der Waals surface area contributed by atoms with E-state index in [4.69, 9.17) is 0 Å². The Labute approximate surface area is 102 Å². The highest BCUT2D eigenvalue weighted by Crippen LogP contribution is 2.40. The van der Waals surface area contributed by atoms with Gasteiger partial charge in [0.25, 0.3) is 0 Å². The van der Waals surface area contributed by atoms with Gasteiger partial charge in [-0.1, -0.05) is 12.8 Å². The lowest BCUT2D eigenvalue weighted by atomic mass is 9.98. The molecule has 98 valence electrons. The fraction of sp³-hybridized carbons (Fsp3) is 0.909. The van der Waals surface area contributed by atoms with Crippen LogP contribution in [0.3, 0.4) is 0 Å². The number of rotatable bonds is 5. The number of carboxylic acid groups (broad SMARTS) is 1. The van der Waals surface area contributed by atoms with Crippen molar-refractivity contribution < 1.29 is 18.3 Å². The van der Waals surface area contributed by atoms with E-state index in [2.05, 4.69) is 4.72 Å². The molecule has 0 aromatic carbocycles. The highest BCUT2D eigenvalue weighted by Gasteiger charge is 2.50. The minimum absolute atomic E-state index is 0.0591. The van der Waals surface area contributed by atoms with Crippen molar-refractivity contribution in [2.45, 2.75) is 56.2 Å². The monoisotopic (exact) mass is 261 g/mol. The Balaban J connectivity index is 2.14. The minimum atomic E-state index is -3.50. The summed E-state index contributed by atoms with van der Waals surface area (Å²) in [5.41, 5.74) is -1.32. The number of sulfonamides is 1. The summed E-state index contributed by atoms with van der Waals surface area (Å²) in [6, 6.07) is 0. The summed E-state index contributed by atoms with van der Waals surface area (Å²) in [7, 11) is -3.50. The molecule has 0 aromatic heterocycles. The van der Waals surface area contributed by atoms with Gasteiger partial charge in [0.05, 0.1) is 5.25 Å². The third kappa shape index (κ3) is 2.47. The molecule has 2 rings (SSSR count). The molecule has 2 N–H and O–H groups in total. The molecular formula is C11H19NO4S. The van der Waals surface area contributed by atoms with E-state index in [1.165, 1.54) is 6.92 Å². The molecule has 6 heteroatoms. The van der Waals surface area contributed by atoms with E-state index in [0.29, 0.717) is 12.8 Å². The van der Waals surface area contributed by atoms with Crippen LogP contribution in [-0.2, 0) is 14.8 Å². The second-order valence-corrected chi connectivity index (χ2v) is 7.30. The summed E-state index contributed by atoms with van der Waals surface area (Å²) in [5, 5.41) is 8.82. The van der Waals surface area contributed by atoms with Crippen LogP contribution in [-0.4, -0.2) is 30.3 Å². The lowest BCUT2D eigenvalue weighted by Crippen LogP contribution is -2.55. The fourth-order valence-electron chi connectivity index (χ4n) is 2.54. The Bertz CT molecular complexity index is 409. The Kier molecular flexibility index (Phi) is 3.20. The first-order chi connectivity index (χ1) is 7.86. The van der Waals surface area contributed by atoms with E-state index in [1.807, 2.05) is 0 Å². The van der Waals surface area contributed by atoms with E-state index in [-0.39, 0.29) is 5.92 Å². The largest absolute Gasteiger partial charge is 0.480 e. The summed E-state index contributed by atoms with van der Waals surface area (Å²) >= 11 is 0. The van der Waals surface area contributed by atoms with Gasteiger partial charge in [-0.25, -0.2) is 8.42 Å².